The number of nitrogens with one attached hydrogen (secondary N) is 1. The third-order valence-electron chi connectivity index (χ3n) is 3.24. The van der Waals surface area contributed by atoms with Gasteiger partial charge < -0.3 is 14.8 Å². The SMILES string of the molecule is COc1ccc(OC)c(CCC(=O)Nc2ccc(I)cc2)c1. The first-order valence-electron chi connectivity index (χ1n) is 6.88. The van der Waals surface area contributed by atoms with Crippen molar-refractivity contribution < 1.29 is 14.3 Å². The Hall–Kier alpha value is -1.76. The number of carbonyl (C=O) groups excluding carboxylic acids is 1. The first-order chi connectivity index (χ1) is 10.6. The van der Waals surface area contributed by atoms with Crippen molar-refractivity contribution in [2.75, 3.05) is 19.5 Å². The zero-order valence-corrected chi connectivity index (χ0v) is 14.7. The summed E-state index contributed by atoms with van der Waals surface area (Å²) in [5.74, 6) is 1.50. The molecule has 0 heterocycles. The fourth-order valence-electron chi connectivity index (χ4n) is 2.08. The van der Waals surface area contributed by atoms with Crippen molar-refractivity contribution >= 4 is 34.2 Å². The summed E-state index contributed by atoms with van der Waals surface area (Å²) in [7, 11) is 3.24. The van der Waals surface area contributed by atoms with Gasteiger partial charge in [-0.1, -0.05) is 0 Å². The van der Waals surface area contributed by atoms with Crippen LogP contribution in [0, 0.1) is 3.57 Å². The number of benzene rings is 2. The Balaban J connectivity index is 1.97. The molecule has 0 unspecified atom stereocenters. The molecule has 0 aromatic heterocycles. The zero-order chi connectivity index (χ0) is 15.9. The molecule has 4 nitrogen and oxygen atoms in total. The van der Waals surface area contributed by atoms with Crippen molar-refractivity contribution in [3.05, 3.63) is 51.6 Å². The Labute approximate surface area is 144 Å². The van der Waals surface area contributed by atoms with Crippen molar-refractivity contribution in [2.24, 2.45) is 0 Å². The smallest absolute Gasteiger partial charge is 0.224 e. The highest BCUT2D eigenvalue weighted by Crippen LogP contribution is 2.25. The van der Waals surface area contributed by atoms with E-state index in [4.69, 9.17) is 9.47 Å². The normalized spacial score (nSPS) is 10.1. The van der Waals surface area contributed by atoms with Gasteiger partial charge in [0.05, 0.1) is 14.2 Å². The van der Waals surface area contributed by atoms with Crippen LogP contribution in [0.2, 0.25) is 0 Å². The first kappa shape index (κ1) is 16.6. The van der Waals surface area contributed by atoms with Crippen molar-refractivity contribution in [3.63, 3.8) is 0 Å². The predicted octanol–water partition coefficient (Wildman–Crippen LogP) is 3.88. The van der Waals surface area contributed by atoms with E-state index in [-0.39, 0.29) is 5.91 Å². The molecule has 0 aliphatic heterocycles. The number of carbonyl (C=O) groups is 1. The van der Waals surface area contributed by atoms with E-state index in [1.54, 1.807) is 14.2 Å². The molecule has 2 aromatic carbocycles. The number of anilines is 1. The van der Waals surface area contributed by atoms with Gasteiger partial charge in [0.2, 0.25) is 5.91 Å². The molecule has 0 radical (unpaired) electrons. The van der Waals surface area contributed by atoms with E-state index in [2.05, 4.69) is 27.9 Å². The topological polar surface area (TPSA) is 47.6 Å². The lowest BCUT2D eigenvalue weighted by atomic mass is 10.1. The highest BCUT2D eigenvalue weighted by molar-refractivity contribution is 14.1. The summed E-state index contributed by atoms with van der Waals surface area (Å²) in [5.41, 5.74) is 1.77. The van der Waals surface area contributed by atoms with Crippen LogP contribution in [0.25, 0.3) is 0 Å². The molecule has 0 aliphatic rings. The van der Waals surface area contributed by atoms with Crippen molar-refractivity contribution in [1.82, 2.24) is 0 Å². The van der Waals surface area contributed by atoms with E-state index in [9.17, 15) is 4.79 Å². The average Bonchev–Trinajstić information content (AvgIpc) is 2.54. The number of aryl methyl sites for hydroxylation is 1. The summed E-state index contributed by atoms with van der Waals surface area (Å²) >= 11 is 2.23. The molecule has 5 heteroatoms. The fraction of sp³-hybridized carbons (Fsp3) is 0.235. The maximum absolute atomic E-state index is 12.0. The number of hydrogen-bond acceptors (Lipinski definition) is 3. The number of rotatable bonds is 6. The van der Waals surface area contributed by atoms with E-state index in [1.165, 1.54) is 0 Å². The summed E-state index contributed by atoms with van der Waals surface area (Å²) in [6, 6.07) is 13.3. The molecule has 0 fully saturated rings. The molecule has 2 rings (SSSR count). The lowest BCUT2D eigenvalue weighted by molar-refractivity contribution is -0.116. The molecule has 0 atom stereocenters. The molecule has 0 saturated carbocycles. The molecule has 1 N–H and O–H groups in total. The van der Waals surface area contributed by atoms with E-state index < -0.39 is 0 Å². The van der Waals surface area contributed by atoms with E-state index in [1.807, 2.05) is 42.5 Å². The average molecular weight is 411 g/mol. The predicted molar refractivity (Wildman–Crippen MR) is 95.7 cm³/mol. The Bertz CT molecular complexity index is 641. The molecule has 0 bridgehead atoms. The van der Waals surface area contributed by atoms with Crippen LogP contribution < -0.4 is 14.8 Å². The Morgan fingerprint density at radius 1 is 1.09 bits per heavy atom. The Morgan fingerprint density at radius 2 is 1.82 bits per heavy atom. The first-order valence-corrected chi connectivity index (χ1v) is 7.96. The molecule has 1 amide bonds. The van der Waals surface area contributed by atoms with Crippen molar-refractivity contribution in [2.45, 2.75) is 12.8 Å². The van der Waals surface area contributed by atoms with Crippen LogP contribution in [0.1, 0.15) is 12.0 Å². The zero-order valence-electron chi connectivity index (χ0n) is 12.6. The van der Waals surface area contributed by atoms with Crippen LogP contribution in [-0.4, -0.2) is 20.1 Å². The van der Waals surface area contributed by atoms with Gasteiger partial charge in [0.15, 0.2) is 0 Å². The number of methoxy groups -OCH3 is 2. The minimum absolute atomic E-state index is 0.0221. The van der Waals surface area contributed by atoms with Crippen LogP contribution in [-0.2, 0) is 11.2 Å². The standard InChI is InChI=1S/C17H18INO3/c1-21-15-8-9-16(22-2)12(11-15)3-10-17(20)19-14-6-4-13(18)5-7-14/h4-9,11H,3,10H2,1-2H3,(H,19,20). The summed E-state index contributed by atoms with van der Waals surface area (Å²) in [6.45, 7) is 0. The highest BCUT2D eigenvalue weighted by atomic mass is 127. The number of amides is 1. The van der Waals surface area contributed by atoms with Crippen LogP contribution in [0.5, 0.6) is 11.5 Å². The van der Waals surface area contributed by atoms with Crippen LogP contribution in [0.15, 0.2) is 42.5 Å². The van der Waals surface area contributed by atoms with E-state index in [0.717, 1.165) is 26.3 Å². The Morgan fingerprint density at radius 3 is 2.45 bits per heavy atom. The molecule has 2 aromatic rings. The third-order valence-corrected chi connectivity index (χ3v) is 3.96. The van der Waals surface area contributed by atoms with Gasteiger partial charge in [-0.05, 0) is 77.0 Å². The number of halogens is 1. The van der Waals surface area contributed by atoms with Gasteiger partial charge in [0.1, 0.15) is 11.5 Å². The van der Waals surface area contributed by atoms with E-state index >= 15 is 0 Å². The molecule has 0 saturated heterocycles. The maximum atomic E-state index is 12.0. The van der Waals surface area contributed by atoms with Crippen molar-refractivity contribution in [1.29, 1.82) is 0 Å². The van der Waals surface area contributed by atoms with Gasteiger partial charge in [-0.15, -0.1) is 0 Å². The van der Waals surface area contributed by atoms with Gasteiger partial charge in [0, 0.05) is 15.7 Å². The van der Waals surface area contributed by atoms with Crippen molar-refractivity contribution in [3.8, 4) is 11.5 Å². The van der Waals surface area contributed by atoms with Gasteiger partial charge in [0.25, 0.3) is 0 Å². The van der Waals surface area contributed by atoms with Gasteiger partial charge in [-0.25, -0.2) is 0 Å². The third kappa shape index (κ3) is 4.62. The van der Waals surface area contributed by atoms with E-state index in [0.29, 0.717) is 12.8 Å². The lowest BCUT2D eigenvalue weighted by Gasteiger charge is -2.10. The fourth-order valence-corrected chi connectivity index (χ4v) is 2.44. The quantitative estimate of drug-likeness (QED) is 0.735. The molecule has 116 valence electrons. The second-order valence-corrected chi connectivity index (χ2v) is 5.98. The second-order valence-electron chi connectivity index (χ2n) is 4.73. The van der Waals surface area contributed by atoms with Gasteiger partial charge in [-0.3, -0.25) is 4.79 Å². The minimum Gasteiger partial charge on any atom is -0.497 e. The summed E-state index contributed by atoms with van der Waals surface area (Å²) < 4.78 is 11.7. The highest BCUT2D eigenvalue weighted by Gasteiger charge is 2.08. The number of ether oxygens (including phenoxy) is 2. The monoisotopic (exact) mass is 411 g/mol. The largest absolute Gasteiger partial charge is 0.497 e. The van der Waals surface area contributed by atoms with Gasteiger partial charge in [-0.2, -0.15) is 0 Å². The summed E-state index contributed by atoms with van der Waals surface area (Å²) in [4.78, 5) is 12.0. The molecular weight excluding hydrogens is 393 g/mol. The minimum atomic E-state index is -0.0221. The molecular formula is C17H18INO3. The van der Waals surface area contributed by atoms with Crippen LogP contribution in [0.3, 0.4) is 0 Å². The van der Waals surface area contributed by atoms with Gasteiger partial charge >= 0.3 is 0 Å². The molecule has 22 heavy (non-hydrogen) atoms. The van der Waals surface area contributed by atoms with Crippen LogP contribution >= 0.6 is 22.6 Å². The summed E-state index contributed by atoms with van der Waals surface area (Å²) in [5, 5.41) is 2.89. The van der Waals surface area contributed by atoms with Crippen LogP contribution in [0.4, 0.5) is 5.69 Å². The second kappa shape index (κ2) is 8.03. The Kier molecular flexibility index (Phi) is 6.06. The molecule has 0 spiro atoms. The lowest BCUT2D eigenvalue weighted by Crippen LogP contribution is -2.12. The number of hydrogen-bond donors (Lipinski definition) is 1. The molecule has 0 aliphatic carbocycles. The maximum Gasteiger partial charge on any atom is 0.224 e. The summed E-state index contributed by atoms with van der Waals surface area (Å²) in [6.07, 6.45) is 0.978.